The molecule has 0 radical (unpaired) electrons. The van der Waals surface area contributed by atoms with E-state index >= 15 is 0 Å². The summed E-state index contributed by atoms with van der Waals surface area (Å²) in [7, 11) is -1.17. The molecule has 0 saturated carbocycles. The highest BCUT2D eigenvalue weighted by molar-refractivity contribution is 8.33. The lowest BCUT2D eigenvalue weighted by Gasteiger charge is -2.29. The number of hydrogen-bond donors (Lipinski definition) is 0. The Labute approximate surface area is 278 Å². The maximum absolute atomic E-state index is 2.57. The molecular formula is C46H36S. The molecule has 9 rings (SSSR count). The first kappa shape index (κ1) is 28.1. The molecule has 0 nitrogen and oxygen atoms in total. The van der Waals surface area contributed by atoms with Gasteiger partial charge in [-0.3, -0.25) is 0 Å². The molecular weight excluding hydrogens is 585 g/mol. The minimum absolute atomic E-state index is 1.17. The topological polar surface area (TPSA) is 0 Å². The molecule has 0 fully saturated rings. The van der Waals surface area contributed by atoms with Gasteiger partial charge in [0.15, 0.2) is 0 Å². The van der Waals surface area contributed by atoms with Crippen molar-refractivity contribution >= 4 is 42.3 Å². The zero-order valence-electron chi connectivity index (χ0n) is 27.3. The summed E-state index contributed by atoms with van der Waals surface area (Å²) < 4.78 is 0. The van der Waals surface area contributed by atoms with Crippen molar-refractivity contribution < 1.29 is 0 Å². The molecule has 47 heavy (non-hydrogen) atoms. The molecule has 0 spiro atoms. The van der Waals surface area contributed by atoms with Gasteiger partial charge in [-0.25, -0.2) is 0 Å². The summed E-state index contributed by atoms with van der Waals surface area (Å²) in [6.45, 7) is 4.41. The summed E-state index contributed by atoms with van der Waals surface area (Å²) in [5, 5.41) is 7.79. The van der Waals surface area contributed by atoms with Crippen LogP contribution in [0.1, 0.15) is 11.1 Å². The monoisotopic (exact) mass is 620 g/mol. The van der Waals surface area contributed by atoms with Gasteiger partial charge >= 0.3 is 0 Å². The quantitative estimate of drug-likeness (QED) is 0.172. The van der Waals surface area contributed by atoms with E-state index < -0.39 is 10.0 Å². The van der Waals surface area contributed by atoms with Gasteiger partial charge < -0.3 is 0 Å². The second-order valence-electron chi connectivity index (χ2n) is 13.5. The Morgan fingerprint density at radius 1 is 0.362 bits per heavy atom. The van der Waals surface area contributed by atoms with Gasteiger partial charge in [-0.05, 0) is 134 Å². The molecule has 1 heteroatoms. The van der Waals surface area contributed by atoms with Gasteiger partial charge in [-0.2, -0.15) is 10.0 Å². The highest BCUT2D eigenvalue weighted by Gasteiger charge is 2.33. The Balaban J connectivity index is 1.45. The van der Waals surface area contributed by atoms with Gasteiger partial charge in [-0.15, -0.1) is 0 Å². The molecule has 0 unspecified atom stereocenters. The van der Waals surface area contributed by atoms with E-state index in [1.165, 1.54) is 97.7 Å². The van der Waals surface area contributed by atoms with Gasteiger partial charge in [-0.1, -0.05) is 126 Å². The standard InChI is InChI=1S/C46H36S/c1-29-11-9-15-35(23-29)45-38-22-21-34(33-20-19-31-13-5-6-14-32(31)25-33)26-40(38)46(36-16-10-12-30(2)24-36)42-28-44-39(27-41(42)45)37-17-7-8-18-43(37)47(44,3)4/h5-28H,1-4H3. The molecule has 8 aromatic rings. The number of rotatable bonds is 3. The maximum atomic E-state index is 2.57. The van der Waals surface area contributed by atoms with Crippen molar-refractivity contribution in [1.29, 1.82) is 0 Å². The molecule has 0 bridgehead atoms. The van der Waals surface area contributed by atoms with Crippen LogP contribution in [-0.2, 0) is 0 Å². The van der Waals surface area contributed by atoms with Gasteiger partial charge in [0, 0.05) is 9.79 Å². The zero-order valence-corrected chi connectivity index (χ0v) is 28.1. The van der Waals surface area contributed by atoms with E-state index in [2.05, 4.69) is 172 Å². The first-order valence-corrected chi connectivity index (χ1v) is 18.9. The molecule has 226 valence electrons. The van der Waals surface area contributed by atoms with Crippen molar-refractivity contribution in [3.8, 4) is 44.5 Å². The average molecular weight is 621 g/mol. The van der Waals surface area contributed by atoms with Gasteiger partial charge in [0.2, 0.25) is 0 Å². The molecule has 0 aromatic heterocycles. The highest BCUT2D eigenvalue weighted by Crippen LogP contribution is 2.68. The number of hydrogen-bond acceptors (Lipinski definition) is 0. The Morgan fingerprint density at radius 3 is 1.70 bits per heavy atom. The summed E-state index contributed by atoms with van der Waals surface area (Å²) in [5.74, 6) is 0. The number of benzene rings is 8. The summed E-state index contributed by atoms with van der Waals surface area (Å²) >= 11 is 0. The fraction of sp³-hybridized carbons (Fsp3) is 0.0870. The number of aryl methyl sites for hydroxylation is 2. The molecule has 0 saturated heterocycles. The average Bonchev–Trinajstić information content (AvgIpc) is 3.31. The van der Waals surface area contributed by atoms with Crippen LogP contribution in [0.25, 0.3) is 76.8 Å². The van der Waals surface area contributed by atoms with Crippen LogP contribution < -0.4 is 0 Å². The lowest BCUT2D eigenvalue weighted by Crippen LogP contribution is -1.96. The fourth-order valence-electron chi connectivity index (χ4n) is 7.91. The van der Waals surface area contributed by atoms with Gasteiger partial charge in [0.05, 0.1) is 0 Å². The summed E-state index contributed by atoms with van der Waals surface area (Å²) in [6.07, 6.45) is 4.94. The zero-order chi connectivity index (χ0) is 31.9. The summed E-state index contributed by atoms with van der Waals surface area (Å²) in [5.41, 5.74) is 13.0. The third-order valence-corrected chi connectivity index (χ3v) is 13.1. The Hall–Kier alpha value is -5.11. The minimum Gasteiger partial charge on any atom is -0.192 e. The van der Waals surface area contributed by atoms with Gasteiger partial charge in [0.1, 0.15) is 0 Å². The van der Waals surface area contributed by atoms with Crippen LogP contribution in [0.2, 0.25) is 0 Å². The Bertz CT molecular complexity index is 2570. The maximum Gasteiger partial charge on any atom is 0.00219 e. The molecule has 0 atom stereocenters. The van der Waals surface area contributed by atoms with Crippen molar-refractivity contribution in [2.45, 2.75) is 23.6 Å². The molecule has 0 aliphatic carbocycles. The lowest BCUT2D eigenvalue weighted by atomic mass is 9.83. The van der Waals surface area contributed by atoms with E-state index in [4.69, 9.17) is 0 Å². The van der Waals surface area contributed by atoms with Gasteiger partial charge in [0.25, 0.3) is 0 Å². The molecule has 0 amide bonds. The predicted molar refractivity (Wildman–Crippen MR) is 206 cm³/mol. The minimum atomic E-state index is -1.17. The van der Waals surface area contributed by atoms with Crippen molar-refractivity contribution in [2.75, 3.05) is 12.5 Å². The van der Waals surface area contributed by atoms with Crippen LogP contribution in [0.15, 0.2) is 155 Å². The molecule has 8 aromatic carbocycles. The first-order valence-electron chi connectivity index (χ1n) is 16.4. The van der Waals surface area contributed by atoms with Crippen molar-refractivity contribution in [3.05, 3.63) is 157 Å². The number of fused-ring (bicyclic) bond motifs is 6. The van der Waals surface area contributed by atoms with Crippen LogP contribution in [0.5, 0.6) is 0 Å². The normalized spacial score (nSPS) is 14.0. The first-order chi connectivity index (χ1) is 22.9. The van der Waals surface area contributed by atoms with E-state index in [9.17, 15) is 0 Å². The van der Waals surface area contributed by atoms with E-state index in [0.717, 1.165) is 0 Å². The van der Waals surface area contributed by atoms with Crippen LogP contribution in [-0.4, -0.2) is 12.5 Å². The molecule has 1 heterocycles. The van der Waals surface area contributed by atoms with Crippen LogP contribution in [0, 0.1) is 13.8 Å². The molecule has 1 aliphatic rings. The van der Waals surface area contributed by atoms with E-state index in [1.54, 1.807) is 0 Å². The van der Waals surface area contributed by atoms with E-state index in [-0.39, 0.29) is 0 Å². The Kier molecular flexibility index (Phi) is 6.26. The second-order valence-corrected chi connectivity index (χ2v) is 17.1. The Morgan fingerprint density at radius 2 is 0.957 bits per heavy atom. The summed E-state index contributed by atoms with van der Waals surface area (Å²) in [6, 6.07) is 55.0. The molecule has 1 aliphatic heterocycles. The van der Waals surface area contributed by atoms with Crippen molar-refractivity contribution in [1.82, 2.24) is 0 Å². The smallest absolute Gasteiger partial charge is 0.00219 e. The fourth-order valence-corrected chi connectivity index (χ4v) is 10.4. The lowest BCUT2D eigenvalue weighted by molar-refractivity contribution is 1.46. The van der Waals surface area contributed by atoms with E-state index in [1.807, 2.05) is 0 Å². The SMILES string of the molecule is Cc1cccc(-c2c3ccc(-c4ccc5ccccc5c4)cc3c(-c3cccc(C)c3)c3cc4c(cc23)-c2ccccc2S4(C)C)c1. The highest BCUT2D eigenvalue weighted by atomic mass is 32.3. The largest absolute Gasteiger partial charge is 0.192 e. The third kappa shape index (κ3) is 4.38. The van der Waals surface area contributed by atoms with Crippen LogP contribution >= 0.6 is 10.0 Å². The van der Waals surface area contributed by atoms with Crippen molar-refractivity contribution in [2.24, 2.45) is 0 Å². The van der Waals surface area contributed by atoms with E-state index in [0.29, 0.717) is 0 Å². The molecule has 0 N–H and O–H groups in total. The van der Waals surface area contributed by atoms with Crippen molar-refractivity contribution in [3.63, 3.8) is 0 Å². The predicted octanol–water partition coefficient (Wildman–Crippen LogP) is 13.2. The van der Waals surface area contributed by atoms with Crippen LogP contribution in [0.3, 0.4) is 0 Å². The van der Waals surface area contributed by atoms with Crippen LogP contribution in [0.4, 0.5) is 0 Å². The summed E-state index contributed by atoms with van der Waals surface area (Å²) in [4.78, 5) is 2.97. The second kappa shape index (κ2) is 10.5. The third-order valence-electron chi connectivity index (χ3n) is 10.2.